The number of hydrogen-bond donors (Lipinski definition) is 1. The molecule has 18 heavy (non-hydrogen) atoms. The second-order valence-corrected chi connectivity index (χ2v) is 4.34. The molecule has 0 aliphatic rings. The number of nitrogens with zero attached hydrogens (tertiary/aromatic N) is 1. The minimum atomic E-state index is 0.0125. The Morgan fingerprint density at radius 3 is 2.39 bits per heavy atom. The van der Waals surface area contributed by atoms with E-state index in [0.29, 0.717) is 25.3 Å². The molecule has 1 aromatic rings. The average Bonchev–Trinajstić information content (AvgIpc) is 2.36. The average molecular weight is 250 g/mol. The van der Waals surface area contributed by atoms with Crippen molar-refractivity contribution in [2.45, 2.75) is 26.8 Å². The van der Waals surface area contributed by atoms with Gasteiger partial charge in [-0.1, -0.05) is 0 Å². The number of rotatable bonds is 6. The second kappa shape index (κ2) is 7.01. The summed E-state index contributed by atoms with van der Waals surface area (Å²) in [5.41, 5.74) is 6.20. The lowest BCUT2D eigenvalue weighted by Gasteiger charge is -2.26. The Morgan fingerprint density at radius 1 is 1.33 bits per heavy atom. The molecule has 1 rings (SSSR count). The van der Waals surface area contributed by atoms with Gasteiger partial charge in [-0.25, -0.2) is 0 Å². The zero-order chi connectivity index (χ0) is 13.5. The van der Waals surface area contributed by atoms with Gasteiger partial charge in [-0.3, -0.25) is 4.79 Å². The fraction of sp³-hybridized carbons (Fsp3) is 0.500. The van der Waals surface area contributed by atoms with E-state index in [2.05, 4.69) is 0 Å². The summed E-state index contributed by atoms with van der Waals surface area (Å²) in [5.74, 6) is 0.794. The molecule has 0 heterocycles. The molecular weight excluding hydrogens is 228 g/mol. The van der Waals surface area contributed by atoms with Gasteiger partial charge in [0.05, 0.1) is 6.61 Å². The molecule has 0 unspecified atom stereocenters. The van der Waals surface area contributed by atoms with Crippen LogP contribution in [0.1, 0.15) is 31.1 Å². The molecule has 1 amide bonds. The van der Waals surface area contributed by atoms with Crippen molar-refractivity contribution >= 4 is 5.91 Å². The minimum Gasteiger partial charge on any atom is -0.494 e. The maximum atomic E-state index is 12.3. The van der Waals surface area contributed by atoms with Gasteiger partial charge in [-0.05, 0) is 45.0 Å². The topological polar surface area (TPSA) is 55.6 Å². The first-order valence-electron chi connectivity index (χ1n) is 6.34. The lowest BCUT2D eigenvalue weighted by atomic mass is 10.1. The Kier molecular flexibility index (Phi) is 5.65. The summed E-state index contributed by atoms with van der Waals surface area (Å²) in [7, 11) is 0. The summed E-state index contributed by atoms with van der Waals surface area (Å²) in [6.07, 6.45) is 0. The monoisotopic (exact) mass is 250 g/mol. The van der Waals surface area contributed by atoms with E-state index in [0.717, 1.165) is 5.75 Å². The fourth-order valence-corrected chi connectivity index (χ4v) is 1.76. The lowest BCUT2D eigenvalue weighted by Crippen LogP contribution is -2.40. The smallest absolute Gasteiger partial charge is 0.254 e. The van der Waals surface area contributed by atoms with Crippen molar-refractivity contribution in [1.82, 2.24) is 4.90 Å². The quantitative estimate of drug-likeness (QED) is 0.839. The predicted octanol–water partition coefficient (Wildman–Crippen LogP) is 1.89. The van der Waals surface area contributed by atoms with Crippen molar-refractivity contribution in [2.24, 2.45) is 5.73 Å². The van der Waals surface area contributed by atoms with Crippen LogP contribution in [0.25, 0.3) is 0 Å². The number of carbonyl (C=O) groups excluding carboxylic acids is 1. The standard InChI is InChI=1S/C14H22N2O2/c1-4-18-13-7-5-12(6-8-13)14(17)16(10-9-15)11(2)3/h5-8,11H,4,9-10,15H2,1-3H3. The van der Waals surface area contributed by atoms with Crippen molar-refractivity contribution in [3.63, 3.8) is 0 Å². The summed E-state index contributed by atoms with van der Waals surface area (Å²) in [6, 6.07) is 7.36. The summed E-state index contributed by atoms with van der Waals surface area (Å²) < 4.78 is 5.35. The summed E-state index contributed by atoms with van der Waals surface area (Å²) in [4.78, 5) is 14.0. The highest BCUT2D eigenvalue weighted by Crippen LogP contribution is 2.14. The third-order valence-electron chi connectivity index (χ3n) is 2.67. The molecule has 0 aliphatic carbocycles. The van der Waals surface area contributed by atoms with Crippen LogP contribution in [0.5, 0.6) is 5.75 Å². The van der Waals surface area contributed by atoms with Gasteiger partial charge < -0.3 is 15.4 Å². The molecule has 0 radical (unpaired) electrons. The predicted molar refractivity (Wildman–Crippen MR) is 72.8 cm³/mol. The van der Waals surface area contributed by atoms with E-state index < -0.39 is 0 Å². The molecule has 4 nitrogen and oxygen atoms in total. The lowest BCUT2D eigenvalue weighted by molar-refractivity contribution is 0.0712. The van der Waals surface area contributed by atoms with Crippen molar-refractivity contribution in [2.75, 3.05) is 19.7 Å². The molecule has 0 aromatic heterocycles. The summed E-state index contributed by atoms with van der Waals surface area (Å²) >= 11 is 0. The highest BCUT2D eigenvalue weighted by molar-refractivity contribution is 5.94. The van der Waals surface area contributed by atoms with Gasteiger partial charge in [0, 0.05) is 24.7 Å². The first-order chi connectivity index (χ1) is 8.60. The Bertz CT molecular complexity index is 374. The van der Waals surface area contributed by atoms with E-state index >= 15 is 0 Å². The van der Waals surface area contributed by atoms with Crippen molar-refractivity contribution < 1.29 is 9.53 Å². The molecule has 100 valence electrons. The molecular formula is C14H22N2O2. The fourth-order valence-electron chi connectivity index (χ4n) is 1.76. The van der Waals surface area contributed by atoms with E-state index in [1.807, 2.05) is 32.9 Å². The molecule has 0 fully saturated rings. The zero-order valence-electron chi connectivity index (χ0n) is 11.3. The van der Waals surface area contributed by atoms with E-state index in [4.69, 9.17) is 10.5 Å². The third kappa shape index (κ3) is 3.74. The first kappa shape index (κ1) is 14.5. The maximum absolute atomic E-state index is 12.3. The van der Waals surface area contributed by atoms with Crippen molar-refractivity contribution in [3.05, 3.63) is 29.8 Å². The number of hydrogen-bond acceptors (Lipinski definition) is 3. The van der Waals surface area contributed by atoms with Crippen LogP contribution in [0.3, 0.4) is 0 Å². The molecule has 0 spiro atoms. The molecule has 0 atom stereocenters. The van der Waals surface area contributed by atoms with Gasteiger partial charge in [0.15, 0.2) is 0 Å². The molecule has 0 saturated heterocycles. The third-order valence-corrected chi connectivity index (χ3v) is 2.67. The van der Waals surface area contributed by atoms with Gasteiger partial charge in [-0.2, -0.15) is 0 Å². The summed E-state index contributed by atoms with van der Waals surface area (Å²) in [5, 5.41) is 0. The Labute approximate surface area is 109 Å². The number of benzene rings is 1. The molecule has 0 aliphatic heterocycles. The number of carbonyl (C=O) groups is 1. The Hall–Kier alpha value is -1.55. The van der Waals surface area contributed by atoms with Crippen LogP contribution < -0.4 is 10.5 Å². The number of nitrogens with two attached hydrogens (primary N) is 1. The van der Waals surface area contributed by atoms with E-state index in [1.165, 1.54) is 0 Å². The maximum Gasteiger partial charge on any atom is 0.254 e. The van der Waals surface area contributed by atoms with Crippen molar-refractivity contribution in [1.29, 1.82) is 0 Å². The van der Waals surface area contributed by atoms with Gasteiger partial charge in [0.1, 0.15) is 5.75 Å². The molecule has 4 heteroatoms. The van der Waals surface area contributed by atoms with Crippen LogP contribution in [0.2, 0.25) is 0 Å². The second-order valence-electron chi connectivity index (χ2n) is 4.34. The van der Waals surface area contributed by atoms with Gasteiger partial charge in [0.2, 0.25) is 0 Å². The Morgan fingerprint density at radius 2 is 1.94 bits per heavy atom. The van der Waals surface area contributed by atoms with Gasteiger partial charge >= 0.3 is 0 Å². The van der Waals surface area contributed by atoms with Crippen LogP contribution in [0.4, 0.5) is 0 Å². The van der Waals surface area contributed by atoms with Gasteiger partial charge in [0.25, 0.3) is 5.91 Å². The van der Waals surface area contributed by atoms with Crippen molar-refractivity contribution in [3.8, 4) is 5.75 Å². The SMILES string of the molecule is CCOc1ccc(C(=O)N(CCN)C(C)C)cc1. The highest BCUT2D eigenvalue weighted by atomic mass is 16.5. The zero-order valence-corrected chi connectivity index (χ0v) is 11.3. The minimum absolute atomic E-state index is 0.0125. The van der Waals surface area contributed by atoms with E-state index in [1.54, 1.807) is 17.0 Å². The molecule has 1 aromatic carbocycles. The molecule has 2 N–H and O–H groups in total. The van der Waals surface area contributed by atoms with Gasteiger partial charge in [-0.15, -0.1) is 0 Å². The molecule has 0 bridgehead atoms. The normalized spacial score (nSPS) is 10.5. The number of ether oxygens (including phenoxy) is 1. The van der Waals surface area contributed by atoms with Crippen LogP contribution >= 0.6 is 0 Å². The van der Waals surface area contributed by atoms with E-state index in [-0.39, 0.29) is 11.9 Å². The van der Waals surface area contributed by atoms with E-state index in [9.17, 15) is 4.79 Å². The Balaban J connectivity index is 2.81. The van der Waals surface area contributed by atoms with Crippen LogP contribution in [-0.2, 0) is 0 Å². The highest BCUT2D eigenvalue weighted by Gasteiger charge is 2.17. The summed E-state index contributed by atoms with van der Waals surface area (Å²) in [6.45, 7) is 7.58. The molecule has 0 saturated carbocycles. The largest absolute Gasteiger partial charge is 0.494 e. The first-order valence-corrected chi connectivity index (χ1v) is 6.34. The number of amides is 1. The van der Waals surface area contributed by atoms with Crippen LogP contribution in [0, 0.1) is 0 Å². The van der Waals surface area contributed by atoms with Crippen LogP contribution in [-0.4, -0.2) is 36.5 Å². The van der Waals surface area contributed by atoms with Crippen LogP contribution in [0.15, 0.2) is 24.3 Å².